The van der Waals surface area contributed by atoms with Crippen molar-refractivity contribution in [1.82, 2.24) is 5.32 Å². The highest BCUT2D eigenvalue weighted by molar-refractivity contribution is 5.83. The van der Waals surface area contributed by atoms with Crippen LogP contribution in [0.5, 0.6) is 0 Å². The van der Waals surface area contributed by atoms with E-state index in [-0.39, 0.29) is 0 Å². The summed E-state index contributed by atoms with van der Waals surface area (Å²) in [6.45, 7) is 1.95. The molecule has 2 aromatic rings. The smallest absolute Gasteiger partial charge is 0.0963 e. The van der Waals surface area contributed by atoms with Gasteiger partial charge in [0, 0.05) is 19.5 Å². The zero-order valence-corrected chi connectivity index (χ0v) is 11.7. The minimum absolute atomic E-state index is 0.961. The summed E-state index contributed by atoms with van der Waals surface area (Å²) in [7, 11) is 0. The van der Waals surface area contributed by atoms with Crippen molar-refractivity contribution in [3.05, 3.63) is 60.2 Å². The number of amidine groups is 1. The van der Waals surface area contributed by atoms with Crippen molar-refractivity contribution in [2.45, 2.75) is 19.3 Å². The predicted molar refractivity (Wildman–Crippen MR) is 85.1 cm³/mol. The van der Waals surface area contributed by atoms with Crippen LogP contribution in [0, 0.1) is 0 Å². The Hall–Kier alpha value is -2.09. The van der Waals surface area contributed by atoms with E-state index in [1.807, 2.05) is 0 Å². The van der Waals surface area contributed by atoms with Crippen LogP contribution in [0.15, 0.2) is 59.6 Å². The highest BCUT2D eigenvalue weighted by Gasteiger charge is 2.07. The Morgan fingerprint density at radius 3 is 2.55 bits per heavy atom. The molecule has 0 aromatic heterocycles. The molecule has 2 aromatic carbocycles. The molecule has 0 amide bonds. The predicted octanol–water partition coefficient (Wildman–Crippen LogP) is 3.68. The molecule has 2 heteroatoms. The van der Waals surface area contributed by atoms with Crippen LogP contribution in [0.2, 0.25) is 0 Å². The third-order valence-corrected chi connectivity index (χ3v) is 3.70. The van der Waals surface area contributed by atoms with E-state index in [0.717, 1.165) is 25.9 Å². The maximum absolute atomic E-state index is 4.45. The van der Waals surface area contributed by atoms with Gasteiger partial charge in [0.25, 0.3) is 0 Å². The molecule has 1 heterocycles. The molecular weight excluding hydrogens is 244 g/mol. The summed E-state index contributed by atoms with van der Waals surface area (Å²) >= 11 is 0. The van der Waals surface area contributed by atoms with Crippen molar-refractivity contribution in [2.75, 3.05) is 13.1 Å². The molecule has 2 nitrogen and oxygen atoms in total. The molecule has 1 aliphatic rings. The summed E-state index contributed by atoms with van der Waals surface area (Å²) in [4.78, 5) is 4.45. The van der Waals surface area contributed by atoms with Crippen molar-refractivity contribution in [1.29, 1.82) is 0 Å². The minimum Gasteiger partial charge on any atom is -0.374 e. The maximum atomic E-state index is 4.45. The molecule has 0 fully saturated rings. The Morgan fingerprint density at radius 1 is 0.950 bits per heavy atom. The number of nitrogens with one attached hydrogen (secondary N) is 1. The summed E-state index contributed by atoms with van der Waals surface area (Å²) < 4.78 is 0. The normalized spacial score (nSPS) is 14.1. The molecule has 0 spiro atoms. The van der Waals surface area contributed by atoms with Crippen LogP contribution in [-0.4, -0.2) is 18.9 Å². The molecule has 3 rings (SSSR count). The topological polar surface area (TPSA) is 24.4 Å². The standard InChI is InChI=1S/C18H20N2/c1-2-7-15(8-3-1)17-10-5-4-9-16(17)12-14-20-18-11-6-13-19-18/h1-5,7-10H,6,11-14H2,(H,19,20). The molecule has 1 N–H and O–H groups in total. The van der Waals surface area contributed by atoms with E-state index < -0.39 is 0 Å². The SMILES string of the molecule is c1ccc(-c2ccccc2CCNC2=NCCC2)cc1. The van der Waals surface area contributed by atoms with Gasteiger partial charge in [0.1, 0.15) is 0 Å². The van der Waals surface area contributed by atoms with E-state index in [9.17, 15) is 0 Å². The molecule has 102 valence electrons. The quantitative estimate of drug-likeness (QED) is 0.895. The van der Waals surface area contributed by atoms with Gasteiger partial charge in [-0.05, 0) is 29.5 Å². The van der Waals surface area contributed by atoms with Gasteiger partial charge in [0.05, 0.1) is 5.84 Å². The van der Waals surface area contributed by atoms with Crippen molar-refractivity contribution in [3.63, 3.8) is 0 Å². The van der Waals surface area contributed by atoms with E-state index in [1.54, 1.807) is 0 Å². The van der Waals surface area contributed by atoms with Gasteiger partial charge >= 0.3 is 0 Å². The number of hydrogen-bond acceptors (Lipinski definition) is 2. The lowest BCUT2D eigenvalue weighted by Crippen LogP contribution is -2.23. The fraction of sp³-hybridized carbons (Fsp3) is 0.278. The molecule has 0 unspecified atom stereocenters. The van der Waals surface area contributed by atoms with Crippen LogP contribution in [0.4, 0.5) is 0 Å². The maximum Gasteiger partial charge on any atom is 0.0963 e. The molecule has 0 atom stereocenters. The largest absolute Gasteiger partial charge is 0.374 e. The molecule has 0 radical (unpaired) electrons. The molecule has 0 bridgehead atoms. The number of rotatable bonds is 4. The van der Waals surface area contributed by atoms with E-state index in [1.165, 1.54) is 28.9 Å². The van der Waals surface area contributed by atoms with Crippen LogP contribution in [0.25, 0.3) is 11.1 Å². The Balaban J connectivity index is 1.70. The molecule has 1 aliphatic heterocycles. The van der Waals surface area contributed by atoms with Gasteiger partial charge in [0.15, 0.2) is 0 Å². The van der Waals surface area contributed by atoms with Gasteiger partial charge in [-0.3, -0.25) is 4.99 Å². The second-order valence-corrected chi connectivity index (χ2v) is 5.13. The lowest BCUT2D eigenvalue weighted by Gasteiger charge is -2.11. The molecular formula is C18H20N2. The van der Waals surface area contributed by atoms with Gasteiger partial charge in [0.2, 0.25) is 0 Å². The first-order valence-electron chi connectivity index (χ1n) is 7.34. The molecule has 0 saturated heterocycles. The van der Waals surface area contributed by atoms with Crippen LogP contribution in [-0.2, 0) is 6.42 Å². The van der Waals surface area contributed by atoms with Crippen LogP contribution >= 0.6 is 0 Å². The third-order valence-electron chi connectivity index (χ3n) is 3.70. The number of nitrogens with zero attached hydrogens (tertiary/aromatic N) is 1. The van der Waals surface area contributed by atoms with Crippen LogP contribution < -0.4 is 5.32 Å². The monoisotopic (exact) mass is 264 g/mol. The van der Waals surface area contributed by atoms with Crippen molar-refractivity contribution < 1.29 is 0 Å². The van der Waals surface area contributed by atoms with Gasteiger partial charge < -0.3 is 5.32 Å². The van der Waals surface area contributed by atoms with Gasteiger partial charge in [-0.1, -0.05) is 54.6 Å². The first-order valence-corrected chi connectivity index (χ1v) is 7.34. The summed E-state index contributed by atoms with van der Waals surface area (Å²) in [5.74, 6) is 1.18. The summed E-state index contributed by atoms with van der Waals surface area (Å²) in [6, 6.07) is 19.3. The second-order valence-electron chi connectivity index (χ2n) is 5.13. The lowest BCUT2D eigenvalue weighted by atomic mass is 9.98. The summed E-state index contributed by atoms with van der Waals surface area (Å²) in [5, 5.41) is 3.46. The average molecular weight is 264 g/mol. The van der Waals surface area contributed by atoms with Gasteiger partial charge in [-0.15, -0.1) is 0 Å². The number of hydrogen-bond donors (Lipinski definition) is 1. The fourth-order valence-corrected chi connectivity index (χ4v) is 2.66. The Bertz CT molecular complexity index is 587. The Kier molecular flexibility index (Phi) is 4.12. The Labute approximate surface area is 120 Å². The van der Waals surface area contributed by atoms with Crippen molar-refractivity contribution in [3.8, 4) is 11.1 Å². The first kappa shape index (κ1) is 12.9. The van der Waals surface area contributed by atoms with Crippen LogP contribution in [0.1, 0.15) is 18.4 Å². The summed E-state index contributed by atoms with van der Waals surface area (Å²) in [5.41, 5.74) is 4.02. The van der Waals surface area contributed by atoms with E-state index in [2.05, 4.69) is 64.9 Å². The van der Waals surface area contributed by atoms with Crippen molar-refractivity contribution in [2.24, 2.45) is 4.99 Å². The van der Waals surface area contributed by atoms with Crippen LogP contribution in [0.3, 0.4) is 0 Å². The zero-order valence-electron chi connectivity index (χ0n) is 11.7. The highest BCUT2D eigenvalue weighted by Crippen LogP contribution is 2.23. The fourth-order valence-electron chi connectivity index (χ4n) is 2.66. The van der Waals surface area contributed by atoms with Gasteiger partial charge in [-0.2, -0.15) is 0 Å². The first-order chi connectivity index (χ1) is 9.93. The van der Waals surface area contributed by atoms with E-state index in [0.29, 0.717) is 0 Å². The average Bonchev–Trinajstić information content (AvgIpc) is 3.02. The lowest BCUT2D eigenvalue weighted by molar-refractivity contribution is 0.852. The molecule has 0 saturated carbocycles. The highest BCUT2D eigenvalue weighted by atomic mass is 15.0. The van der Waals surface area contributed by atoms with Crippen molar-refractivity contribution >= 4 is 5.84 Å². The third kappa shape index (κ3) is 3.08. The van der Waals surface area contributed by atoms with E-state index in [4.69, 9.17) is 0 Å². The molecule has 0 aliphatic carbocycles. The Morgan fingerprint density at radius 2 is 1.75 bits per heavy atom. The second kappa shape index (κ2) is 6.38. The zero-order chi connectivity index (χ0) is 13.6. The van der Waals surface area contributed by atoms with E-state index >= 15 is 0 Å². The number of benzene rings is 2. The molecule has 20 heavy (non-hydrogen) atoms. The number of aliphatic imine (C=N–C) groups is 1. The van der Waals surface area contributed by atoms with Gasteiger partial charge in [-0.25, -0.2) is 0 Å². The minimum atomic E-state index is 0.961. The summed E-state index contributed by atoms with van der Waals surface area (Å²) in [6.07, 6.45) is 3.34.